The van der Waals surface area contributed by atoms with Crippen molar-refractivity contribution in [3.63, 3.8) is 0 Å². The van der Waals surface area contributed by atoms with Crippen molar-refractivity contribution in [3.05, 3.63) is 35.9 Å². The highest BCUT2D eigenvalue weighted by Gasteiger charge is 2.23. The van der Waals surface area contributed by atoms with Crippen molar-refractivity contribution in [2.24, 2.45) is 11.8 Å². The van der Waals surface area contributed by atoms with E-state index >= 15 is 0 Å². The lowest BCUT2D eigenvalue weighted by Gasteiger charge is -2.35. The standard InChI is InChI=1S/C28H41N7S/c1-21-7-5-15-34(19-21)25-17-26(35-16-6-8-22(2)20-35)31-27(30-25)32-28(36)29-18-23-9-11-24(12-10-23)33-13-3-4-14-33/h9-12,17,21-22H,3-8,13-16,18-20H2,1-2H3,(H2,29,30,31,32,36). The highest BCUT2D eigenvalue weighted by atomic mass is 32.1. The number of nitrogens with zero attached hydrogens (tertiary/aromatic N) is 5. The Morgan fingerprint density at radius 1 is 0.833 bits per heavy atom. The van der Waals surface area contributed by atoms with Gasteiger partial charge >= 0.3 is 0 Å². The summed E-state index contributed by atoms with van der Waals surface area (Å²) < 4.78 is 0. The van der Waals surface area contributed by atoms with Crippen molar-refractivity contribution in [1.82, 2.24) is 15.3 Å². The van der Waals surface area contributed by atoms with E-state index in [1.54, 1.807) is 0 Å². The second kappa shape index (κ2) is 11.6. The van der Waals surface area contributed by atoms with Crippen molar-refractivity contribution in [2.45, 2.75) is 58.9 Å². The summed E-state index contributed by atoms with van der Waals surface area (Å²) >= 11 is 5.65. The number of hydrogen-bond acceptors (Lipinski definition) is 6. The highest BCUT2D eigenvalue weighted by Crippen LogP contribution is 2.28. The van der Waals surface area contributed by atoms with Gasteiger partial charge in [-0.15, -0.1) is 0 Å². The van der Waals surface area contributed by atoms with Crippen LogP contribution < -0.4 is 25.3 Å². The van der Waals surface area contributed by atoms with Crippen LogP contribution >= 0.6 is 12.2 Å². The first-order valence-electron chi connectivity index (χ1n) is 13.8. The molecule has 0 saturated carbocycles. The normalized spacial score (nSPS) is 22.6. The molecule has 2 atom stereocenters. The number of rotatable bonds is 6. The van der Waals surface area contributed by atoms with Crippen LogP contribution in [0.2, 0.25) is 0 Å². The highest BCUT2D eigenvalue weighted by molar-refractivity contribution is 7.80. The van der Waals surface area contributed by atoms with Crippen molar-refractivity contribution >= 4 is 40.6 Å². The molecule has 1 aromatic heterocycles. The molecule has 0 bridgehead atoms. The van der Waals surface area contributed by atoms with Gasteiger partial charge in [-0.25, -0.2) is 0 Å². The third-order valence-corrected chi connectivity index (χ3v) is 7.99. The molecule has 2 aromatic rings. The van der Waals surface area contributed by atoms with Crippen LogP contribution in [-0.4, -0.2) is 54.3 Å². The minimum atomic E-state index is 0.556. The van der Waals surface area contributed by atoms with Gasteiger partial charge in [0, 0.05) is 57.6 Å². The van der Waals surface area contributed by atoms with E-state index < -0.39 is 0 Å². The van der Waals surface area contributed by atoms with Gasteiger partial charge in [-0.1, -0.05) is 26.0 Å². The number of benzene rings is 1. The maximum Gasteiger partial charge on any atom is 0.232 e. The van der Waals surface area contributed by atoms with Crippen molar-refractivity contribution in [1.29, 1.82) is 0 Å². The molecule has 1 aromatic carbocycles. The van der Waals surface area contributed by atoms with Crippen LogP contribution in [0.25, 0.3) is 0 Å². The summed E-state index contributed by atoms with van der Waals surface area (Å²) in [5.41, 5.74) is 2.52. The van der Waals surface area contributed by atoms with Crippen molar-refractivity contribution in [2.75, 3.05) is 59.3 Å². The number of aromatic nitrogens is 2. The van der Waals surface area contributed by atoms with Gasteiger partial charge in [0.1, 0.15) is 11.6 Å². The third-order valence-electron chi connectivity index (χ3n) is 7.75. The topological polar surface area (TPSA) is 59.6 Å². The average molecular weight is 508 g/mol. The van der Waals surface area contributed by atoms with Gasteiger partial charge in [0.15, 0.2) is 5.11 Å². The van der Waals surface area contributed by atoms with E-state index in [4.69, 9.17) is 22.2 Å². The first-order chi connectivity index (χ1) is 17.5. The molecule has 36 heavy (non-hydrogen) atoms. The summed E-state index contributed by atoms with van der Waals surface area (Å²) in [6.45, 7) is 11.8. The molecule has 4 heterocycles. The Hall–Kier alpha value is -2.61. The molecule has 8 heteroatoms. The third kappa shape index (κ3) is 6.38. The predicted octanol–water partition coefficient (Wildman–Crippen LogP) is 5.04. The molecule has 3 aliphatic heterocycles. The molecule has 0 spiro atoms. The Bertz CT molecular complexity index is 981. The van der Waals surface area contributed by atoms with E-state index in [0.717, 1.165) is 37.8 Å². The molecule has 3 fully saturated rings. The molecular weight excluding hydrogens is 466 g/mol. The Balaban J connectivity index is 1.25. The van der Waals surface area contributed by atoms with E-state index in [0.29, 0.717) is 29.4 Å². The minimum absolute atomic E-state index is 0.556. The smallest absolute Gasteiger partial charge is 0.232 e. The SMILES string of the molecule is CC1CCCN(c2cc(N3CCCC(C)C3)nc(NC(=S)NCc3ccc(N4CCCC4)cc3)n2)C1. The van der Waals surface area contributed by atoms with Gasteiger partial charge in [-0.3, -0.25) is 0 Å². The van der Waals surface area contributed by atoms with Crippen LogP contribution in [-0.2, 0) is 6.54 Å². The van der Waals surface area contributed by atoms with Gasteiger partial charge in [0.25, 0.3) is 0 Å². The number of nitrogens with one attached hydrogen (secondary N) is 2. The predicted molar refractivity (Wildman–Crippen MR) is 154 cm³/mol. The van der Waals surface area contributed by atoms with Gasteiger partial charge in [0.2, 0.25) is 5.95 Å². The van der Waals surface area contributed by atoms with Gasteiger partial charge < -0.3 is 25.3 Å². The molecule has 7 nitrogen and oxygen atoms in total. The fourth-order valence-electron chi connectivity index (χ4n) is 5.72. The molecule has 2 N–H and O–H groups in total. The zero-order valence-electron chi connectivity index (χ0n) is 21.9. The molecule has 0 aliphatic carbocycles. The largest absolute Gasteiger partial charge is 0.372 e. The van der Waals surface area contributed by atoms with Gasteiger partial charge in [-0.2, -0.15) is 9.97 Å². The van der Waals surface area contributed by atoms with Gasteiger partial charge in [0.05, 0.1) is 0 Å². The Labute approximate surface area is 221 Å². The van der Waals surface area contributed by atoms with E-state index in [1.165, 1.54) is 62.9 Å². The lowest BCUT2D eigenvalue weighted by atomic mass is 10.00. The maximum atomic E-state index is 5.65. The first kappa shape index (κ1) is 25.1. The molecule has 0 radical (unpaired) electrons. The quantitative estimate of drug-likeness (QED) is 0.528. The lowest BCUT2D eigenvalue weighted by Crippen LogP contribution is -2.37. The van der Waals surface area contributed by atoms with E-state index in [1.807, 2.05) is 0 Å². The summed E-state index contributed by atoms with van der Waals surface area (Å²) in [5, 5.41) is 7.19. The second-order valence-corrected chi connectivity index (χ2v) is 11.4. The summed E-state index contributed by atoms with van der Waals surface area (Å²) in [6.07, 6.45) is 7.58. The molecule has 0 amide bonds. The van der Waals surface area contributed by atoms with Crippen LogP contribution in [0.15, 0.2) is 30.3 Å². The van der Waals surface area contributed by atoms with E-state index in [9.17, 15) is 0 Å². The lowest BCUT2D eigenvalue weighted by molar-refractivity contribution is 0.441. The van der Waals surface area contributed by atoms with E-state index in [2.05, 4.69) is 69.5 Å². The summed E-state index contributed by atoms with van der Waals surface area (Å²) in [6, 6.07) is 11.0. The number of anilines is 4. The molecular formula is C28H41N7S. The molecule has 3 saturated heterocycles. The van der Waals surface area contributed by atoms with Crippen LogP contribution in [0.1, 0.15) is 57.9 Å². The van der Waals surface area contributed by atoms with Crippen LogP contribution in [0.4, 0.5) is 23.3 Å². The molecule has 5 rings (SSSR count). The number of piperidine rings is 2. The Kier molecular flexibility index (Phi) is 8.09. The number of thiocarbonyl (C=S) groups is 1. The summed E-state index contributed by atoms with van der Waals surface area (Å²) in [7, 11) is 0. The van der Waals surface area contributed by atoms with Gasteiger partial charge in [-0.05, 0) is 80.3 Å². The van der Waals surface area contributed by atoms with Crippen molar-refractivity contribution < 1.29 is 0 Å². The Morgan fingerprint density at radius 3 is 1.94 bits per heavy atom. The summed E-state index contributed by atoms with van der Waals surface area (Å²) in [4.78, 5) is 17.1. The van der Waals surface area contributed by atoms with Crippen LogP contribution in [0, 0.1) is 11.8 Å². The number of hydrogen-bond donors (Lipinski definition) is 2. The molecule has 194 valence electrons. The average Bonchev–Trinajstić information content (AvgIpc) is 3.43. The second-order valence-electron chi connectivity index (χ2n) is 11.0. The summed E-state index contributed by atoms with van der Waals surface area (Å²) in [5.74, 6) is 3.97. The maximum absolute atomic E-state index is 5.65. The minimum Gasteiger partial charge on any atom is -0.372 e. The van der Waals surface area contributed by atoms with Crippen LogP contribution in [0.3, 0.4) is 0 Å². The zero-order valence-corrected chi connectivity index (χ0v) is 22.7. The fraction of sp³-hybridized carbons (Fsp3) is 0.607. The molecule has 3 aliphatic rings. The first-order valence-corrected chi connectivity index (χ1v) is 14.2. The monoisotopic (exact) mass is 507 g/mol. The molecule has 2 unspecified atom stereocenters. The Morgan fingerprint density at radius 2 is 1.39 bits per heavy atom. The van der Waals surface area contributed by atoms with Crippen LogP contribution in [0.5, 0.6) is 0 Å². The van der Waals surface area contributed by atoms with Crippen molar-refractivity contribution in [3.8, 4) is 0 Å². The fourth-order valence-corrected chi connectivity index (χ4v) is 5.89. The van der Waals surface area contributed by atoms with E-state index in [-0.39, 0.29) is 0 Å². The zero-order chi connectivity index (χ0) is 24.9.